The van der Waals surface area contributed by atoms with Crippen molar-refractivity contribution in [3.63, 3.8) is 0 Å². The molecular weight excluding hydrogens is 216 g/mol. The maximum absolute atomic E-state index is 10.9. The van der Waals surface area contributed by atoms with Crippen molar-refractivity contribution in [1.82, 2.24) is 0 Å². The highest BCUT2D eigenvalue weighted by Gasteiger charge is 1.91. The third-order valence-corrected chi connectivity index (χ3v) is 1.80. The van der Waals surface area contributed by atoms with E-state index in [-0.39, 0.29) is 0 Å². The highest BCUT2D eigenvalue weighted by molar-refractivity contribution is 5.89. The Morgan fingerprint density at radius 3 is 2.53 bits per heavy atom. The van der Waals surface area contributed by atoms with E-state index < -0.39 is 5.97 Å². The number of benzene rings is 1. The average molecular weight is 228 g/mol. The van der Waals surface area contributed by atoms with Gasteiger partial charge in [-0.25, -0.2) is 4.79 Å². The lowest BCUT2D eigenvalue weighted by atomic mass is 10.2. The van der Waals surface area contributed by atoms with Gasteiger partial charge in [-0.2, -0.15) is 0 Å². The summed E-state index contributed by atoms with van der Waals surface area (Å²) < 4.78 is 9.64. The standard InChI is InChI=1S/C14H12O3/c1-3-17-14(15)7-5-4-6-12-8-10-13(16-2)11-9-12/h8-11H,3H2,1-2H3. The van der Waals surface area contributed by atoms with Crippen molar-refractivity contribution in [2.75, 3.05) is 13.7 Å². The highest BCUT2D eigenvalue weighted by atomic mass is 16.5. The number of hydrogen-bond donors (Lipinski definition) is 0. The van der Waals surface area contributed by atoms with E-state index in [1.165, 1.54) is 0 Å². The van der Waals surface area contributed by atoms with E-state index in [4.69, 9.17) is 4.74 Å². The number of rotatable bonds is 2. The summed E-state index contributed by atoms with van der Waals surface area (Å²) in [5, 5.41) is 0. The van der Waals surface area contributed by atoms with E-state index in [1.807, 2.05) is 24.3 Å². The Morgan fingerprint density at radius 2 is 1.94 bits per heavy atom. The van der Waals surface area contributed by atoms with E-state index in [2.05, 4.69) is 28.4 Å². The first-order valence-electron chi connectivity index (χ1n) is 5.09. The van der Waals surface area contributed by atoms with Crippen molar-refractivity contribution < 1.29 is 14.3 Å². The molecule has 0 aliphatic heterocycles. The molecule has 0 aliphatic rings. The van der Waals surface area contributed by atoms with E-state index in [9.17, 15) is 4.79 Å². The molecule has 3 heteroatoms. The summed E-state index contributed by atoms with van der Waals surface area (Å²) in [5.74, 6) is 10.3. The molecule has 0 bridgehead atoms. The van der Waals surface area contributed by atoms with Crippen molar-refractivity contribution in [2.24, 2.45) is 0 Å². The summed E-state index contributed by atoms with van der Waals surface area (Å²) in [6.07, 6.45) is 0. The molecule has 1 aromatic rings. The molecule has 3 nitrogen and oxygen atoms in total. The normalized spacial score (nSPS) is 8.12. The van der Waals surface area contributed by atoms with Crippen LogP contribution >= 0.6 is 0 Å². The molecule has 17 heavy (non-hydrogen) atoms. The molecule has 0 heterocycles. The van der Waals surface area contributed by atoms with Crippen LogP contribution in [-0.2, 0) is 9.53 Å². The minimum Gasteiger partial charge on any atom is -0.497 e. The van der Waals surface area contributed by atoms with E-state index in [0.717, 1.165) is 11.3 Å². The van der Waals surface area contributed by atoms with Crippen molar-refractivity contribution in [2.45, 2.75) is 6.92 Å². The lowest BCUT2D eigenvalue weighted by Gasteiger charge is -1.96. The first-order valence-corrected chi connectivity index (χ1v) is 5.09. The number of esters is 1. The van der Waals surface area contributed by atoms with Crippen LogP contribution in [0.1, 0.15) is 12.5 Å². The molecular formula is C14H12O3. The first kappa shape index (κ1) is 12.7. The fourth-order valence-corrected chi connectivity index (χ4v) is 1.03. The van der Waals surface area contributed by atoms with Gasteiger partial charge in [-0.1, -0.05) is 5.92 Å². The van der Waals surface area contributed by atoms with Gasteiger partial charge in [0.2, 0.25) is 0 Å². The second kappa shape index (κ2) is 6.98. The lowest BCUT2D eigenvalue weighted by Crippen LogP contribution is -1.99. The Labute approximate surface area is 101 Å². The second-order valence-electron chi connectivity index (χ2n) is 2.95. The Morgan fingerprint density at radius 1 is 1.24 bits per heavy atom. The van der Waals surface area contributed by atoms with E-state index >= 15 is 0 Å². The molecule has 0 spiro atoms. The summed E-state index contributed by atoms with van der Waals surface area (Å²) in [6, 6.07) is 7.25. The molecule has 0 aliphatic carbocycles. The van der Waals surface area contributed by atoms with Gasteiger partial charge < -0.3 is 9.47 Å². The molecule has 0 saturated heterocycles. The van der Waals surface area contributed by atoms with Crippen molar-refractivity contribution >= 4 is 5.97 Å². The molecule has 0 fully saturated rings. The maximum Gasteiger partial charge on any atom is 0.385 e. The predicted octanol–water partition coefficient (Wildman–Crippen LogP) is 1.61. The summed E-state index contributed by atoms with van der Waals surface area (Å²) in [5.41, 5.74) is 0.809. The van der Waals surface area contributed by atoms with Crippen LogP contribution in [0.2, 0.25) is 0 Å². The third kappa shape index (κ3) is 4.77. The summed E-state index contributed by atoms with van der Waals surface area (Å²) in [7, 11) is 1.60. The summed E-state index contributed by atoms with van der Waals surface area (Å²) in [6.45, 7) is 2.04. The number of methoxy groups -OCH3 is 1. The van der Waals surface area contributed by atoms with Crippen molar-refractivity contribution in [3.8, 4) is 29.4 Å². The number of carbonyl (C=O) groups excluding carboxylic acids is 1. The van der Waals surface area contributed by atoms with Crippen LogP contribution in [0.5, 0.6) is 5.75 Å². The quantitative estimate of drug-likeness (QED) is 0.438. The van der Waals surface area contributed by atoms with Gasteiger partial charge in [-0.3, -0.25) is 0 Å². The fourth-order valence-electron chi connectivity index (χ4n) is 1.03. The van der Waals surface area contributed by atoms with E-state index in [1.54, 1.807) is 14.0 Å². The fraction of sp³-hybridized carbons (Fsp3) is 0.214. The molecule has 0 aromatic heterocycles. The van der Waals surface area contributed by atoms with Gasteiger partial charge in [0, 0.05) is 11.5 Å². The zero-order valence-electron chi connectivity index (χ0n) is 9.74. The summed E-state index contributed by atoms with van der Waals surface area (Å²) in [4.78, 5) is 10.9. The molecule has 1 rings (SSSR count). The third-order valence-electron chi connectivity index (χ3n) is 1.80. The van der Waals surface area contributed by atoms with Gasteiger partial charge in [-0.05, 0) is 43.0 Å². The SMILES string of the molecule is CCOC(=O)C#CC#Cc1ccc(OC)cc1. The van der Waals surface area contributed by atoms with Gasteiger partial charge in [0.05, 0.1) is 13.7 Å². The molecule has 0 radical (unpaired) electrons. The smallest absolute Gasteiger partial charge is 0.385 e. The molecule has 0 saturated carbocycles. The van der Waals surface area contributed by atoms with Crippen LogP contribution in [0.15, 0.2) is 24.3 Å². The molecule has 1 aromatic carbocycles. The van der Waals surface area contributed by atoms with Crippen LogP contribution in [0.3, 0.4) is 0 Å². The van der Waals surface area contributed by atoms with Gasteiger partial charge in [0.15, 0.2) is 0 Å². The average Bonchev–Trinajstić information content (AvgIpc) is 2.36. The van der Waals surface area contributed by atoms with Crippen molar-refractivity contribution in [3.05, 3.63) is 29.8 Å². The zero-order chi connectivity index (χ0) is 12.5. The lowest BCUT2D eigenvalue weighted by molar-refractivity contribution is -0.136. The van der Waals surface area contributed by atoms with E-state index in [0.29, 0.717) is 6.61 Å². The Balaban J connectivity index is 2.62. The molecule has 86 valence electrons. The first-order chi connectivity index (χ1) is 8.26. The molecule has 0 atom stereocenters. The highest BCUT2D eigenvalue weighted by Crippen LogP contribution is 2.09. The van der Waals surface area contributed by atoms with Crippen LogP contribution in [-0.4, -0.2) is 19.7 Å². The molecule has 0 N–H and O–H groups in total. The van der Waals surface area contributed by atoms with Crippen molar-refractivity contribution in [1.29, 1.82) is 0 Å². The second-order valence-corrected chi connectivity index (χ2v) is 2.95. The molecule has 0 unspecified atom stereocenters. The topological polar surface area (TPSA) is 35.5 Å². The Hall–Kier alpha value is -2.39. The minimum atomic E-state index is -0.559. The Kier molecular flexibility index (Phi) is 5.20. The van der Waals surface area contributed by atoms with Gasteiger partial charge in [0.25, 0.3) is 0 Å². The van der Waals surface area contributed by atoms with Crippen LogP contribution in [0.4, 0.5) is 0 Å². The van der Waals surface area contributed by atoms with Gasteiger partial charge >= 0.3 is 5.97 Å². The Bertz CT molecular complexity index is 492. The maximum atomic E-state index is 10.9. The summed E-state index contributed by atoms with van der Waals surface area (Å²) >= 11 is 0. The van der Waals surface area contributed by atoms with Crippen LogP contribution < -0.4 is 4.74 Å². The number of ether oxygens (including phenoxy) is 2. The van der Waals surface area contributed by atoms with Crippen LogP contribution in [0, 0.1) is 23.7 Å². The zero-order valence-corrected chi connectivity index (χ0v) is 9.74. The number of hydrogen-bond acceptors (Lipinski definition) is 3. The largest absolute Gasteiger partial charge is 0.497 e. The number of carbonyl (C=O) groups is 1. The predicted molar refractivity (Wildman–Crippen MR) is 64.3 cm³/mol. The monoisotopic (exact) mass is 228 g/mol. The molecule has 0 amide bonds. The van der Waals surface area contributed by atoms with Gasteiger partial charge in [0.1, 0.15) is 5.75 Å². The van der Waals surface area contributed by atoms with Crippen LogP contribution in [0.25, 0.3) is 0 Å². The minimum absolute atomic E-state index is 0.319. The van der Waals surface area contributed by atoms with Gasteiger partial charge in [-0.15, -0.1) is 0 Å².